The van der Waals surface area contributed by atoms with Crippen LogP contribution < -0.4 is 9.47 Å². The van der Waals surface area contributed by atoms with E-state index in [4.69, 9.17) is 9.47 Å². The second kappa shape index (κ2) is 3.44. The number of fused-ring (bicyclic) bond motifs is 1. The van der Waals surface area contributed by atoms with Gasteiger partial charge in [0.2, 0.25) is 0 Å². The SMILES string of the molecule is CC(=O)C1COc2c(C)[se]c(C)c2O1. The summed E-state index contributed by atoms with van der Waals surface area (Å²) < 4.78 is 13.6. The zero-order valence-corrected chi connectivity index (χ0v) is 10.1. The van der Waals surface area contributed by atoms with Crippen molar-refractivity contribution in [2.45, 2.75) is 26.9 Å². The van der Waals surface area contributed by atoms with Crippen LogP contribution in [-0.2, 0) is 4.79 Å². The average Bonchev–Trinajstić information content (AvgIpc) is 2.42. The fourth-order valence-corrected chi connectivity index (χ4v) is 3.45. The number of rotatable bonds is 1. The first-order chi connectivity index (χ1) is 6.59. The number of ether oxygens (including phenoxy) is 2. The van der Waals surface area contributed by atoms with E-state index in [1.807, 2.05) is 6.92 Å². The van der Waals surface area contributed by atoms with Gasteiger partial charge < -0.3 is 0 Å². The molecule has 1 unspecified atom stereocenters. The van der Waals surface area contributed by atoms with Crippen molar-refractivity contribution in [2.75, 3.05) is 6.61 Å². The van der Waals surface area contributed by atoms with Crippen LogP contribution in [0.25, 0.3) is 0 Å². The molecule has 0 radical (unpaired) electrons. The van der Waals surface area contributed by atoms with Crippen molar-refractivity contribution in [3.8, 4) is 11.5 Å². The number of carbonyl (C=O) groups excluding carboxylic acids is 1. The van der Waals surface area contributed by atoms with E-state index in [1.165, 1.54) is 15.8 Å². The predicted molar refractivity (Wildman–Crippen MR) is 53.4 cm³/mol. The average molecular weight is 259 g/mol. The van der Waals surface area contributed by atoms with Gasteiger partial charge in [-0.25, -0.2) is 0 Å². The topological polar surface area (TPSA) is 35.5 Å². The van der Waals surface area contributed by atoms with Gasteiger partial charge in [0.25, 0.3) is 0 Å². The van der Waals surface area contributed by atoms with Crippen molar-refractivity contribution >= 4 is 20.3 Å². The van der Waals surface area contributed by atoms with Crippen LogP contribution in [0.4, 0.5) is 0 Å². The monoisotopic (exact) mass is 260 g/mol. The van der Waals surface area contributed by atoms with E-state index in [2.05, 4.69) is 6.92 Å². The van der Waals surface area contributed by atoms with Crippen molar-refractivity contribution in [3.63, 3.8) is 0 Å². The molecule has 0 fully saturated rings. The summed E-state index contributed by atoms with van der Waals surface area (Å²) in [5.74, 6) is 1.72. The van der Waals surface area contributed by atoms with Gasteiger partial charge in [0.1, 0.15) is 0 Å². The van der Waals surface area contributed by atoms with Crippen molar-refractivity contribution in [3.05, 3.63) is 8.87 Å². The van der Waals surface area contributed by atoms with Crippen molar-refractivity contribution in [1.82, 2.24) is 0 Å². The van der Waals surface area contributed by atoms with E-state index >= 15 is 0 Å². The number of ketones is 1. The van der Waals surface area contributed by atoms with Gasteiger partial charge in [-0.05, 0) is 0 Å². The fourth-order valence-electron chi connectivity index (χ4n) is 1.48. The van der Waals surface area contributed by atoms with E-state index < -0.39 is 6.10 Å². The first kappa shape index (κ1) is 9.81. The molecule has 0 saturated carbocycles. The molecule has 3 nitrogen and oxygen atoms in total. The molecule has 1 aromatic rings. The van der Waals surface area contributed by atoms with E-state index in [-0.39, 0.29) is 5.78 Å². The quantitative estimate of drug-likeness (QED) is 0.708. The Labute approximate surface area is 88.8 Å². The Bertz CT molecular complexity index is 381. The Morgan fingerprint density at radius 3 is 2.64 bits per heavy atom. The van der Waals surface area contributed by atoms with Gasteiger partial charge in [-0.2, -0.15) is 0 Å². The first-order valence-electron chi connectivity index (χ1n) is 4.49. The molecule has 0 aromatic carbocycles. The molecule has 1 atom stereocenters. The van der Waals surface area contributed by atoms with Crippen LogP contribution in [0, 0.1) is 13.8 Å². The number of Topliss-reactive ketones (excluding diaryl/α,β-unsaturated/α-hetero) is 1. The Hall–Kier alpha value is -0.731. The first-order valence-corrected chi connectivity index (χ1v) is 6.20. The van der Waals surface area contributed by atoms with Gasteiger partial charge in [0.05, 0.1) is 0 Å². The van der Waals surface area contributed by atoms with Gasteiger partial charge in [-0.15, -0.1) is 0 Å². The van der Waals surface area contributed by atoms with E-state index in [9.17, 15) is 4.79 Å². The second-order valence-electron chi connectivity index (χ2n) is 3.40. The molecular formula is C10H12O3Se. The second-order valence-corrected chi connectivity index (χ2v) is 6.40. The van der Waals surface area contributed by atoms with E-state index in [0.29, 0.717) is 21.1 Å². The van der Waals surface area contributed by atoms with Gasteiger partial charge in [0, 0.05) is 0 Å². The third-order valence-corrected chi connectivity index (χ3v) is 4.31. The van der Waals surface area contributed by atoms with Crippen LogP contribution in [-0.4, -0.2) is 33.0 Å². The summed E-state index contributed by atoms with van der Waals surface area (Å²) >= 11 is 0.344. The molecule has 0 spiro atoms. The van der Waals surface area contributed by atoms with Crippen LogP contribution in [0.1, 0.15) is 15.8 Å². The van der Waals surface area contributed by atoms with Crippen LogP contribution >= 0.6 is 0 Å². The molecule has 1 aliphatic rings. The molecule has 0 amide bonds. The number of hydrogen-bond donors (Lipinski definition) is 0. The third kappa shape index (κ3) is 1.49. The standard InChI is InChI=1S/C10H12O3Se/c1-5(11)8-4-12-9-6(2)14-7(3)10(9)13-8/h8H,4H2,1-3H3. The summed E-state index contributed by atoms with van der Waals surface area (Å²) in [7, 11) is 0. The molecule has 76 valence electrons. The summed E-state index contributed by atoms with van der Waals surface area (Å²) in [6, 6.07) is 0. The molecule has 2 heterocycles. The summed E-state index contributed by atoms with van der Waals surface area (Å²) in [5.41, 5.74) is 0. The molecule has 1 aromatic heterocycles. The molecule has 14 heavy (non-hydrogen) atoms. The Balaban J connectivity index is 2.34. The van der Waals surface area contributed by atoms with Crippen LogP contribution in [0.2, 0.25) is 0 Å². The predicted octanol–water partition coefficient (Wildman–Crippen LogP) is 1.09. The van der Waals surface area contributed by atoms with Gasteiger partial charge in [0.15, 0.2) is 0 Å². The summed E-state index contributed by atoms with van der Waals surface area (Å²) in [4.78, 5) is 11.1. The molecule has 2 rings (SSSR count). The molecule has 0 saturated heterocycles. The minimum absolute atomic E-state index is 0.0291. The Morgan fingerprint density at radius 1 is 1.36 bits per heavy atom. The van der Waals surface area contributed by atoms with E-state index in [1.54, 1.807) is 0 Å². The van der Waals surface area contributed by atoms with Crippen LogP contribution in [0.15, 0.2) is 0 Å². The molecule has 4 heteroatoms. The molecule has 0 aliphatic carbocycles. The minimum atomic E-state index is -0.412. The normalized spacial score (nSPS) is 19.5. The third-order valence-electron chi connectivity index (χ3n) is 2.24. The molecule has 1 aliphatic heterocycles. The molecular weight excluding hydrogens is 247 g/mol. The maximum absolute atomic E-state index is 11.1. The van der Waals surface area contributed by atoms with Crippen molar-refractivity contribution in [1.29, 1.82) is 0 Å². The summed E-state index contributed by atoms with van der Waals surface area (Å²) in [6.45, 7) is 5.99. The fraction of sp³-hybridized carbons (Fsp3) is 0.500. The summed E-state index contributed by atoms with van der Waals surface area (Å²) in [6.07, 6.45) is -0.412. The van der Waals surface area contributed by atoms with Gasteiger partial charge in [-0.3, -0.25) is 0 Å². The Morgan fingerprint density at radius 2 is 2.00 bits per heavy atom. The number of hydrogen-bond acceptors (Lipinski definition) is 3. The van der Waals surface area contributed by atoms with Crippen molar-refractivity contribution in [2.24, 2.45) is 0 Å². The zero-order valence-electron chi connectivity index (χ0n) is 8.42. The summed E-state index contributed by atoms with van der Waals surface area (Å²) in [5, 5.41) is 0. The van der Waals surface area contributed by atoms with E-state index in [0.717, 1.165) is 11.5 Å². The van der Waals surface area contributed by atoms with Crippen molar-refractivity contribution < 1.29 is 14.3 Å². The van der Waals surface area contributed by atoms with Gasteiger partial charge in [-0.1, -0.05) is 0 Å². The zero-order chi connectivity index (χ0) is 10.3. The van der Waals surface area contributed by atoms with Crippen LogP contribution in [0.5, 0.6) is 11.5 Å². The maximum atomic E-state index is 11.1. The van der Waals surface area contributed by atoms with Crippen LogP contribution in [0.3, 0.4) is 0 Å². The number of aryl methyl sites for hydroxylation is 2. The molecule has 0 N–H and O–H groups in total. The van der Waals surface area contributed by atoms with Gasteiger partial charge >= 0.3 is 88.4 Å². The number of carbonyl (C=O) groups is 1. The molecule has 0 bridgehead atoms. The Kier molecular flexibility index (Phi) is 2.41.